The zero-order valence-corrected chi connectivity index (χ0v) is 13.5. The highest BCUT2D eigenvalue weighted by atomic mass is 35.5. The molecule has 0 aliphatic heterocycles. The molecule has 0 unspecified atom stereocenters. The smallest absolute Gasteiger partial charge is 0.317 e. The highest BCUT2D eigenvalue weighted by Gasteiger charge is 2.32. The molecule has 0 bridgehead atoms. The number of hydrogen-bond acceptors (Lipinski definition) is 2. The highest BCUT2D eigenvalue weighted by Crippen LogP contribution is 2.29. The maximum absolute atomic E-state index is 12.6. The molecule has 2 aromatic rings. The number of nitrogens with zero attached hydrogens (tertiary/aromatic N) is 3. The van der Waals surface area contributed by atoms with E-state index in [0.717, 1.165) is 24.1 Å². The summed E-state index contributed by atoms with van der Waals surface area (Å²) in [5.41, 5.74) is 1.96. The van der Waals surface area contributed by atoms with Crippen molar-refractivity contribution in [2.45, 2.75) is 32.4 Å². The van der Waals surface area contributed by atoms with Crippen molar-refractivity contribution in [3.63, 3.8) is 0 Å². The fraction of sp³-hybridized carbons (Fsp3) is 0.375. The van der Waals surface area contributed by atoms with E-state index >= 15 is 0 Å². The Labute approximate surface area is 134 Å². The van der Waals surface area contributed by atoms with E-state index in [2.05, 4.69) is 10.4 Å². The molecule has 116 valence electrons. The quantitative estimate of drug-likeness (QED) is 0.936. The van der Waals surface area contributed by atoms with Gasteiger partial charge in [-0.05, 0) is 37.5 Å². The first kappa shape index (κ1) is 14.9. The van der Waals surface area contributed by atoms with Crippen LogP contribution < -0.4 is 5.32 Å². The molecule has 22 heavy (non-hydrogen) atoms. The predicted molar refractivity (Wildman–Crippen MR) is 87.0 cm³/mol. The maximum Gasteiger partial charge on any atom is 0.323 e. The Morgan fingerprint density at radius 2 is 2.09 bits per heavy atom. The first-order valence-electron chi connectivity index (χ1n) is 7.35. The third-order valence-electron chi connectivity index (χ3n) is 3.75. The summed E-state index contributed by atoms with van der Waals surface area (Å²) in [6.45, 7) is 2.49. The zero-order chi connectivity index (χ0) is 15.7. The Kier molecular flexibility index (Phi) is 4.07. The average Bonchev–Trinajstić information content (AvgIpc) is 3.25. The Morgan fingerprint density at radius 1 is 1.41 bits per heavy atom. The van der Waals surface area contributed by atoms with Crippen molar-refractivity contribution in [3.05, 3.63) is 46.6 Å². The van der Waals surface area contributed by atoms with Gasteiger partial charge in [-0.2, -0.15) is 5.10 Å². The van der Waals surface area contributed by atoms with Crippen molar-refractivity contribution in [3.8, 4) is 0 Å². The number of aryl methyl sites for hydroxylation is 2. The molecular formula is C16H19ClN4O. The number of halogens is 1. The van der Waals surface area contributed by atoms with Gasteiger partial charge in [-0.15, -0.1) is 0 Å². The summed E-state index contributed by atoms with van der Waals surface area (Å²) in [4.78, 5) is 14.5. The molecule has 0 atom stereocenters. The number of anilines is 1. The number of urea groups is 1. The Balaban J connectivity index is 1.72. The van der Waals surface area contributed by atoms with E-state index in [-0.39, 0.29) is 6.03 Å². The van der Waals surface area contributed by atoms with E-state index in [1.165, 1.54) is 0 Å². The minimum absolute atomic E-state index is 0.0829. The van der Waals surface area contributed by atoms with Gasteiger partial charge in [0.05, 0.1) is 5.69 Å². The summed E-state index contributed by atoms with van der Waals surface area (Å²) in [5.74, 6) is 0.712. The summed E-state index contributed by atoms with van der Waals surface area (Å²) in [6, 6.07) is 9.73. The molecule has 1 aliphatic rings. The molecule has 1 aliphatic carbocycles. The zero-order valence-electron chi connectivity index (χ0n) is 12.7. The molecule has 0 spiro atoms. The van der Waals surface area contributed by atoms with Crippen LogP contribution >= 0.6 is 11.6 Å². The molecule has 1 aromatic carbocycles. The predicted octanol–water partition coefficient (Wildman–Crippen LogP) is 3.58. The molecule has 1 N–H and O–H groups in total. The Bertz CT molecular complexity index is 676. The summed E-state index contributed by atoms with van der Waals surface area (Å²) in [6.07, 6.45) is 2.12. The lowest BCUT2D eigenvalue weighted by molar-refractivity contribution is 0.206. The van der Waals surface area contributed by atoms with Gasteiger partial charge in [0, 0.05) is 30.7 Å². The van der Waals surface area contributed by atoms with Gasteiger partial charge in [0.2, 0.25) is 0 Å². The van der Waals surface area contributed by atoms with Gasteiger partial charge in [0.25, 0.3) is 0 Å². The fourth-order valence-electron chi connectivity index (χ4n) is 2.45. The summed E-state index contributed by atoms with van der Waals surface area (Å²) in [7, 11) is 1.82. The molecule has 6 heteroatoms. The molecule has 1 fully saturated rings. The van der Waals surface area contributed by atoms with Crippen molar-refractivity contribution in [1.29, 1.82) is 0 Å². The van der Waals surface area contributed by atoms with Crippen LogP contribution in [0.2, 0.25) is 5.02 Å². The SMILES string of the molecule is Cc1cc(NC(=O)N(Cc2ccc(Cl)cc2)C2CC2)n(C)n1. The third kappa shape index (κ3) is 3.42. The second-order valence-corrected chi connectivity index (χ2v) is 6.15. The van der Waals surface area contributed by atoms with Gasteiger partial charge in [0.1, 0.15) is 5.82 Å². The van der Waals surface area contributed by atoms with Gasteiger partial charge in [0.15, 0.2) is 0 Å². The number of aromatic nitrogens is 2. The van der Waals surface area contributed by atoms with Crippen molar-refractivity contribution in [2.75, 3.05) is 5.32 Å². The summed E-state index contributed by atoms with van der Waals surface area (Å²) < 4.78 is 1.68. The first-order chi connectivity index (χ1) is 10.5. The lowest BCUT2D eigenvalue weighted by atomic mass is 10.2. The molecule has 2 amide bonds. The lowest BCUT2D eigenvalue weighted by Gasteiger charge is -2.23. The van der Waals surface area contributed by atoms with E-state index in [4.69, 9.17) is 11.6 Å². The third-order valence-corrected chi connectivity index (χ3v) is 4.00. The number of rotatable bonds is 4. The van der Waals surface area contributed by atoms with Crippen LogP contribution in [0.4, 0.5) is 10.6 Å². The fourth-order valence-corrected chi connectivity index (χ4v) is 2.57. The average molecular weight is 319 g/mol. The highest BCUT2D eigenvalue weighted by molar-refractivity contribution is 6.30. The van der Waals surface area contributed by atoms with Gasteiger partial charge in [-0.1, -0.05) is 23.7 Å². The van der Waals surface area contributed by atoms with Crippen LogP contribution in [0.1, 0.15) is 24.1 Å². The van der Waals surface area contributed by atoms with Crippen LogP contribution in [0.5, 0.6) is 0 Å². The van der Waals surface area contributed by atoms with Crippen LogP contribution in [0, 0.1) is 6.92 Å². The molecule has 1 heterocycles. The van der Waals surface area contributed by atoms with E-state index in [9.17, 15) is 4.79 Å². The molecule has 1 aromatic heterocycles. The molecule has 3 rings (SSSR count). The van der Waals surface area contributed by atoms with Crippen molar-refractivity contribution >= 4 is 23.4 Å². The standard InChI is InChI=1S/C16H19ClN4O/c1-11-9-15(20(2)19-11)18-16(22)21(14-7-8-14)10-12-3-5-13(17)6-4-12/h3-6,9,14H,7-8,10H2,1-2H3,(H,18,22). The van der Waals surface area contributed by atoms with Gasteiger partial charge >= 0.3 is 6.03 Å². The number of carbonyl (C=O) groups is 1. The number of benzene rings is 1. The second kappa shape index (κ2) is 6.01. The molecule has 1 saturated carbocycles. The van der Waals surface area contributed by atoms with Crippen LogP contribution in [0.15, 0.2) is 30.3 Å². The van der Waals surface area contributed by atoms with Gasteiger partial charge < -0.3 is 4.90 Å². The van der Waals surface area contributed by atoms with E-state index in [0.29, 0.717) is 23.4 Å². The monoisotopic (exact) mass is 318 g/mol. The van der Waals surface area contributed by atoms with Crippen molar-refractivity contribution < 1.29 is 4.79 Å². The van der Waals surface area contributed by atoms with Crippen molar-refractivity contribution in [2.24, 2.45) is 7.05 Å². The van der Waals surface area contributed by atoms with Crippen LogP contribution in [-0.2, 0) is 13.6 Å². The van der Waals surface area contributed by atoms with Gasteiger partial charge in [-0.3, -0.25) is 10.00 Å². The van der Waals surface area contributed by atoms with Gasteiger partial charge in [-0.25, -0.2) is 4.79 Å². The normalized spacial score (nSPS) is 14.0. The van der Waals surface area contributed by atoms with Crippen LogP contribution in [-0.4, -0.2) is 26.8 Å². The summed E-state index contributed by atoms with van der Waals surface area (Å²) in [5, 5.41) is 7.90. The first-order valence-corrected chi connectivity index (χ1v) is 7.73. The van der Waals surface area contributed by atoms with E-state index in [1.54, 1.807) is 4.68 Å². The number of amides is 2. The number of hydrogen-bond donors (Lipinski definition) is 1. The Morgan fingerprint density at radius 3 is 2.64 bits per heavy atom. The molecule has 0 radical (unpaired) electrons. The number of carbonyl (C=O) groups excluding carboxylic acids is 1. The second-order valence-electron chi connectivity index (χ2n) is 5.71. The summed E-state index contributed by atoms with van der Waals surface area (Å²) >= 11 is 5.91. The topological polar surface area (TPSA) is 50.2 Å². The van der Waals surface area contributed by atoms with Crippen LogP contribution in [0.25, 0.3) is 0 Å². The molecule has 5 nitrogen and oxygen atoms in total. The van der Waals surface area contributed by atoms with Crippen LogP contribution in [0.3, 0.4) is 0 Å². The molecule has 0 saturated heterocycles. The van der Waals surface area contributed by atoms with E-state index < -0.39 is 0 Å². The minimum Gasteiger partial charge on any atom is -0.317 e. The van der Waals surface area contributed by atoms with Crippen molar-refractivity contribution in [1.82, 2.24) is 14.7 Å². The molecular weight excluding hydrogens is 300 g/mol. The number of nitrogens with one attached hydrogen (secondary N) is 1. The largest absolute Gasteiger partial charge is 0.323 e. The van der Waals surface area contributed by atoms with E-state index in [1.807, 2.05) is 49.2 Å². The minimum atomic E-state index is -0.0829. The maximum atomic E-state index is 12.6. The lowest BCUT2D eigenvalue weighted by Crippen LogP contribution is -2.36. The Hall–Kier alpha value is -2.01.